The van der Waals surface area contributed by atoms with Gasteiger partial charge >= 0.3 is 0 Å². The highest BCUT2D eigenvalue weighted by molar-refractivity contribution is 7.91. The van der Waals surface area contributed by atoms with Crippen LogP contribution >= 0.6 is 0 Å². The smallest absolute Gasteiger partial charge is 0.251 e. The minimum Gasteiger partial charge on any atom is -0.457 e. The molecule has 0 bridgehead atoms. The highest BCUT2D eigenvalue weighted by Gasteiger charge is 2.22. The van der Waals surface area contributed by atoms with Gasteiger partial charge in [0.15, 0.2) is 21.8 Å². The van der Waals surface area contributed by atoms with E-state index in [-0.39, 0.29) is 22.0 Å². The third-order valence-corrected chi connectivity index (χ3v) is 6.63. The van der Waals surface area contributed by atoms with E-state index in [0.29, 0.717) is 28.3 Å². The number of aromatic amines is 1. The number of carbonyl (C=O) groups excluding carboxylic acids is 1. The molecule has 32 heavy (non-hydrogen) atoms. The van der Waals surface area contributed by atoms with Gasteiger partial charge in [0.05, 0.1) is 21.7 Å². The first-order valence-electron chi connectivity index (χ1n) is 9.71. The number of carbonyl (C=O) groups is 1. The van der Waals surface area contributed by atoms with Crippen LogP contribution in [0.5, 0.6) is 11.5 Å². The Hall–Kier alpha value is -3.76. The fraction of sp³-hybridized carbons (Fsp3) is 0.136. The predicted molar refractivity (Wildman–Crippen MR) is 118 cm³/mol. The molecule has 0 radical (unpaired) electrons. The second-order valence-corrected chi connectivity index (χ2v) is 9.27. The van der Waals surface area contributed by atoms with E-state index in [4.69, 9.17) is 10.5 Å². The molecule has 0 saturated carbocycles. The second-order valence-electron chi connectivity index (χ2n) is 6.99. The van der Waals surface area contributed by atoms with Crippen molar-refractivity contribution in [2.45, 2.75) is 17.9 Å². The Labute approximate surface area is 183 Å². The maximum absolute atomic E-state index is 12.0. The van der Waals surface area contributed by atoms with Gasteiger partial charge in [-0.1, -0.05) is 13.0 Å². The summed E-state index contributed by atoms with van der Waals surface area (Å²) in [6.07, 6.45) is 0.0256. The SMILES string of the molecule is CCS(=O)(=O)c1ccc(Oc2cc3nc(-c4ccccn4)[nH]c3cc2C(O)C(N)=O)cc1. The van der Waals surface area contributed by atoms with Crippen LogP contribution in [0.2, 0.25) is 0 Å². The van der Waals surface area contributed by atoms with Gasteiger partial charge < -0.3 is 20.6 Å². The summed E-state index contributed by atoms with van der Waals surface area (Å²) >= 11 is 0. The van der Waals surface area contributed by atoms with Gasteiger partial charge in [0, 0.05) is 17.8 Å². The molecule has 0 fully saturated rings. The van der Waals surface area contributed by atoms with Gasteiger partial charge in [0.1, 0.15) is 17.2 Å². The van der Waals surface area contributed by atoms with Gasteiger partial charge in [-0.15, -0.1) is 0 Å². The van der Waals surface area contributed by atoms with Crippen LogP contribution in [-0.2, 0) is 14.6 Å². The second kappa shape index (κ2) is 8.40. The van der Waals surface area contributed by atoms with E-state index in [1.54, 1.807) is 31.3 Å². The standard InChI is InChI=1S/C22H20N4O5S/c1-2-32(29,30)14-8-6-13(7-9-14)31-19-12-18-17(11-15(19)20(27)21(23)28)25-22(26-18)16-5-3-4-10-24-16/h3-12,20,27H,2H2,1H3,(H2,23,28)(H,25,26). The summed E-state index contributed by atoms with van der Waals surface area (Å²) in [4.78, 5) is 23.7. The molecule has 4 rings (SSSR count). The van der Waals surface area contributed by atoms with Crippen LogP contribution in [0.3, 0.4) is 0 Å². The van der Waals surface area contributed by atoms with E-state index in [0.717, 1.165) is 0 Å². The van der Waals surface area contributed by atoms with Crippen molar-refractivity contribution in [3.63, 3.8) is 0 Å². The Morgan fingerprint density at radius 1 is 1.19 bits per heavy atom. The number of benzene rings is 2. The molecule has 1 amide bonds. The van der Waals surface area contributed by atoms with E-state index in [9.17, 15) is 18.3 Å². The van der Waals surface area contributed by atoms with Gasteiger partial charge in [-0.2, -0.15) is 0 Å². The lowest BCUT2D eigenvalue weighted by Gasteiger charge is -2.14. The number of amides is 1. The molecule has 4 N–H and O–H groups in total. The molecule has 1 atom stereocenters. The Morgan fingerprint density at radius 3 is 2.56 bits per heavy atom. The number of nitrogens with zero attached hydrogens (tertiary/aromatic N) is 2. The lowest BCUT2D eigenvalue weighted by molar-refractivity contribution is -0.126. The summed E-state index contributed by atoms with van der Waals surface area (Å²) < 4.78 is 29.9. The quantitative estimate of drug-likeness (QED) is 0.390. The van der Waals surface area contributed by atoms with E-state index in [1.165, 1.54) is 30.3 Å². The number of H-pyrrole nitrogens is 1. The van der Waals surface area contributed by atoms with Crippen LogP contribution in [0.15, 0.2) is 65.7 Å². The van der Waals surface area contributed by atoms with Crippen molar-refractivity contribution in [2.75, 3.05) is 5.75 Å². The largest absolute Gasteiger partial charge is 0.457 e. The minimum absolute atomic E-state index is 0.0173. The molecule has 164 valence electrons. The fourth-order valence-electron chi connectivity index (χ4n) is 3.14. The molecule has 0 aliphatic heterocycles. The van der Waals surface area contributed by atoms with Crippen molar-refractivity contribution < 1.29 is 23.1 Å². The van der Waals surface area contributed by atoms with Crippen LogP contribution in [0.25, 0.3) is 22.6 Å². The number of rotatable bonds is 7. The Bertz CT molecular complexity index is 1380. The maximum Gasteiger partial charge on any atom is 0.251 e. The molecule has 2 aromatic carbocycles. The molecule has 0 aliphatic carbocycles. The molecule has 2 aromatic heterocycles. The number of aliphatic hydroxyl groups excluding tert-OH is 1. The average Bonchev–Trinajstić information content (AvgIpc) is 3.22. The van der Waals surface area contributed by atoms with Crippen LogP contribution in [0.1, 0.15) is 18.6 Å². The first kappa shape index (κ1) is 21.5. The molecule has 9 nitrogen and oxygen atoms in total. The first-order chi connectivity index (χ1) is 15.3. The van der Waals surface area contributed by atoms with E-state index < -0.39 is 21.8 Å². The number of pyridine rings is 1. The lowest BCUT2D eigenvalue weighted by Crippen LogP contribution is -2.21. The normalized spacial score (nSPS) is 12.6. The van der Waals surface area contributed by atoms with Gasteiger partial charge in [0.25, 0.3) is 5.91 Å². The molecule has 1 unspecified atom stereocenters. The van der Waals surface area contributed by atoms with Crippen LogP contribution in [0.4, 0.5) is 0 Å². The molecule has 0 aliphatic rings. The van der Waals surface area contributed by atoms with Gasteiger partial charge in [-0.3, -0.25) is 9.78 Å². The van der Waals surface area contributed by atoms with E-state index in [1.807, 2.05) is 6.07 Å². The molecule has 2 heterocycles. The van der Waals surface area contributed by atoms with Crippen molar-refractivity contribution in [3.05, 3.63) is 66.4 Å². The highest BCUT2D eigenvalue weighted by Crippen LogP contribution is 2.34. The van der Waals surface area contributed by atoms with Crippen molar-refractivity contribution >= 4 is 26.8 Å². The number of sulfone groups is 1. The van der Waals surface area contributed by atoms with Crippen molar-refractivity contribution in [1.29, 1.82) is 0 Å². The summed E-state index contributed by atoms with van der Waals surface area (Å²) in [5.41, 5.74) is 7.15. The maximum atomic E-state index is 12.0. The summed E-state index contributed by atoms with van der Waals surface area (Å²) in [6.45, 7) is 1.57. The monoisotopic (exact) mass is 452 g/mol. The van der Waals surface area contributed by atoms with Crippen LogP contribution in [0, 0.1) is 0 Å². The van der Waals surface area contributed by atoms with E-state index in [2.05, 4.69) is 15.0 Å². The predicted octanol–water partition coefficient (Wildman–Crippen LogP) is 2.73. The van der Waals surface area contributed by atoms with Crippen LogP contribution in [-0.4, -0.2) is 40.1 Å². The number of imidazole rings is 1. The van der Waals surface area contributed by atoms with E-state index >= 15 is 0 Å². The highest BCUT2D eigenvalue weighted by atomic mass is 32.2. The average molecular weight is 452 g/mol. The third-order valence-electron chi connectivity index (χ3n) is 4.88. The zero-order valence-corrected chi connectivity index (χ0v) is 17.8. The van der Waals surface area contributed by atoms with Gasteiger partial charge in [0.2, 0.25) is 0 Å². The minimum atomic E-state index is -3.35. The number of aliphatic hydroxyl groups is 1. The summed E-state index contributed by atoms with van der Waals surface area (Å²) in [5, 5.41) is 10.3. The van der Waals surface area contributed by atoms with Gasteiger partial charge in [-0.05, 0) is 42.5 Å². The van der Waals surface area contributed by atoms with Crippen molar-refractivity contribution in [2.24, 2.45) is 5.73 Å². The zero-order chi connectivity index (χ0) is 22.9. The Morgan fingerprint density at radius 2 is 1.94 bits per heavy atom. The number of aromatic nitrogens is 3. The number of nitrogens with two attached hydrogens (primary N) is 1. The van der Waals surface area contributed by atoms with Crippen molar-refractivity contribution in [1.82, 2.24) is 15.0 Å². The number of fused-ring (bicyclic) bond motifs is 1. The molecular weight excluding hydrogens is 432 g/mol. The zero-order valence-electron chi connectivity index (χ0n) is 17.0. The number of ether oxygens (including phenoxy) is 1. The molecule has 0 spiro atoms. The lowest BCUT2D eigenvalue weighted by atomic mass is 10.1. The molecule has 10 heteroatoms. The third kappa shape index (κ3) is 4.18. The summed E-state index contributed by atoms with van der Waals surface area (Å²) in [7, 11) is -3.35. The Balaban J connectivity index is 1.76. The van der Waals surface area contributed by atoms with Crippen LogP contribution < -0.4 is 10.5 Å². The Kier molecular flexibility index (Phi) is 5.64. The molecule has 0 saturated heterocycles. The number of hydrogen-bond donors (Lipinski definition) is 3. The molecular formula is C22H20N4O5S. The topological polar surface area (TPSA) is 148 Å². The number of nitrogens with one attached hydrogen (secondary N) is 1. The van der Waals surface area contributed by atoms with Crippen molar-refractivity contribution in [3.8, 4) is 23.0 Å². The summed E-state index contributed by atoms with van der Waals surface area (Å²) in [5.74, 6) is 0.0255. The fourth-order valence-corrected chi connectivity index (χ4v) is 4.03. The molecule has 4 aromatic rings. The summed E-state index contributed by atoms with van der Waals surface area (Å²) in [6, 6.07) is 14.4. The van der Waals surface area contributed by atoms with Gasteiger partial charge in [-0.25, -0.2) is 13.4 Å². The first-order valence-corrected chi connectivity index (χ1v) is 11.4. The number of hydrogen-bond acceptors (Lipinski definition) is 7. The number of primary amides is 1.